The van der Waals surface area contributed by atoms with Crippen molar-refractivity contribution in [2.75, 3.05) is 12.3 Å². The molecule has 0 spiro atoms. The number of hydrogen-bond acceptors (Lipinski definition) is 9. The zero-order valence-electron chi connectivity index (χ0n) is 11.1. The van der Waals surface area contributed by atoms with Crippen molar-refractivity contribution in [3.63, 3.8) is 0 Å². The zero-order chi connectivity index (χ0) is 15.9. The van der Waals surface area contributed by atoms with Gasteiger partial charge in [0.05, 0.1) is 19.0 Å². The molecule has 1 aliphatic rings. The topological polar surface area (TPSA) is 169 Å². The van der Waals surface area contributed by atoms with E-state index in [1.807, 2.05) is 0 Å². The third kappa shape index (κ3) is 2.95. The minimum absolute atomic E-state index is 0.179. The monoisotopic (exact) mass is 330 g/mol. The molecule has 0 amide bonds. The van der Waals surface area contributed by atoms with Crippen LogP contribution in [-0.2, 0) is 13.8 Å². The highest BCUT2D eigenvalue weighted by Gasteiger charge is 2.36. The molecule has 120 valence electrons. The Kier molecular flexibility index (Phi) is 3.85. The highest BCUT2D eigenvalue weighted by Crippen LogP contribution is 2.35. The average molecular weight is 330 g/mol. The summed E-state index contributed by atoms with van der Waals surface area (Å²) in [5.41, 5.74) is 6.52. The Morgan fingerprint density at radius 2 is 2.32 bits per heavy atom. The van der Waals surface area contributed by atoms with Gasteiger partial charge in [-0.05, 0) is 0 Å². The van der Waals surface area contributed by atoms with Gasteiger partial charge >= 0.3 is 0 Å². The van der Waals surface area contributed by atoms with Crippen molar-refractivity contribution in [1.29, 1.82) is 0 Å². The van der Waals surface area contributed by atoms with E-state index >= 15 is 0 Å². The molecule has 0 radical (unpaired) electrons. The molecule has 3 heterocycles. The SMILES string of the molecule is Nc1ncnc2c1ncn2[C@H]1C[C@H](O)[C@@H](COP(=O)([O-])O)O1. The molecule has 1 saturated heterocycles. The average Bonchev–Trinajstić information content (AvgIpc) is 3.00. The van der Waals surface area contributed by atoms with E-state index in [0.717, 1.165) is 0 Å². The molecule has 3 rings (SSSR count). The van der Waals surface area contributed by atoms with Crippen molar-refractivity contribution in [2.24, 2.45) is 0 Å². The van der Waals surface area contributed by atoms with Gasteiger partial charge < -0.3 is 29.9 Å². The van der Waals surface area contributed by atoms with Crippen LogP contribution in [0.2, 0.25) is 0 Å². The Morgan fingerprint density at radius 3 is 3.05 bits per heavy atom. The van der Waals surface area contributed by atoms with E-state index in [-0.39, 0.29) is 12.2 Å². The maximum absolute atomic E-state index is 10.6. The lowest BCUT2D eigenvalue weighted by atomic mass is 10.2. The number of imidazole rings is 1. The Morgan fingerprint density at radius 1 is 1.55 bits per heavy atom. The largest absolute Gasteiger partial charge is 0.756 e. The summed E-state index contributed by atoms with van der Waals surface area (Å²) in [6.45, 7) is -0.487. The van der Waals surface area contributed by atoms with Crippen LogP contribution in [0.25, 0.3) is 11.2 Å². The predicted octanol–water partition coefficient (Wildman–Crippen LogP) is -1.47. The van der Waals surface area contributed by atoms with Crippen molar-refractivity contribution in [3.05, 3.63) is 12.7 Å². The lowest BCUT2D eigenvalue weighted by molar-refractivity contribution is -0.222. The first kappa shape index (κ1) is 15.3. The Labute approximate surface area is 124 Å². The Bertz CT molecular complexity index is 732. The second-order valence-electron chi connectivity index (χ2n) is 4.78. The summed E-state index contributed by atoms with van der Waals surface area (Å²) in [5.74, 6) is 0.217. The van der Waals surface area contributed by atoms with Crippen LogP contribution in [0.3, 0.4) is 0 Å². The first-order chi connectivity index (χ1) is 10.3. The van der Waals surface area contributed by atoms with E-state index in [4.69, 9.17) is 15.4 Å². The summed E-state index contributed by atoms with van der Waals surface area (Å²) in [5, 5.41) is 9.91. The summed E-state index contributed by atoms with van der Waals surface area (Å²) >= 11 is 0. The lowest BCUT2D eigenvalue weighted by Crippen LogP contribution is -2.26. The molecule has 1 fully saturated rings. The van der Waals surface area contributed by atoms with Gasteiger partial charge in [0.15, 0.2) is 11.5 Å². The molecule has 4 atom stereocenters. The van der Waals surface area contributed by atoms with Gasteiger partial charge in [-0.3, -0.25) is 9.13 Å². The molecule has 12 heteroatoms. The molecule has 0 aromatic carbocycles. The number of nitrogens with two attached hydrogens (primary N) is 1. The second-order valence-corrected chi connectivity index (χ2v) is 5.97. The van der Waals surface area contributed by atoms with Crippen LogP contribution in [0.4, 0.5) is 5.82 Å². The maximum atomic E-state index is 10.6. The zero-order valence-corrected chi connectivity index (χ0v) is 12.0. The van der Waals surface area contributed by atoms with E-state index in [1.165, 1.54) is 12.7 Å². The molecule has 0 aliphatic carbocycles. The Balaban J connectivity index is 1.78. The number of phosphoric acid groups is 1. The molecule has 2 aromatic heterocycles. The van der Waals surface area contributed by atoms with E-state index in [1.54, 1.807) is 4.57 Å². The van der Waals surface area contributed by atoms with Crippen LogP contribution in [-0.4, -0.2) is 48.3 Å². The fraction of sp³-hybridized carbons (Fsp3) is 0.500. The molecule has 11 nitrogen and oxygen atoms in total. The summed E-state index contributed by atoms with van der Waals surface area (Å²) in [7, 11) is -4.87. The van der Waals surface area contributed by atoms with E-state index < -0.39 is 32.9 Å². The standard InChI is InChI=1S/C10H14N5O6P/c11-9-8-10(13-3-12-9)15(4-14-8)7-1-5(16)6(21-7)2-20-22(17,18)19/h3-7,16H,1-2H2,(H2,11,12,13)(H2,17,18,19)/p-1/t5-,6+,7+/m0/s1. The minimum Gasteiger partial charge on any atom is -0.756 e. The van der Waals surface area contributed by atoms with E-state index in [9.17, 15) is 14.6 Å². The van der Waals surface area contributed by atoms with Gasteiger partial charge in [-0.1, -0.05) is 0 Å². The lowest BCUT2D eigenvalue weighted by Gasteiger charge is -2.20. The van der Waals surface area contributed by atoms with Crippen molar-refractivity contribution in [1.82, 2.24) is 19.5 Å². The minimum atomic E-state index is -4.87. The van der Waals surface area contributed by atoms with Crippen molar-refractivity contribution in [3.8, 4) is 0 Å². The van der Waals surface area contributed by atoms with Crippen molar-refractivity contribution >= 4 is 24.8 Å². The molecular weight excluding hydrogens is 317 g/mol. The molecule has 0 bridgehead atoms. The number of anilines is 1. The Hall–Kier alpha value is -1.62. The fourth-order valence-corrected chi connectivity index (χ4v) is 2.62. The molecule has 2 aromatic rings. The summed E-state index contributed by atoms with van der Waals surface area (Å²) < 4.78 is 21.9. The normalized spacial score (nSPS) is 28.0. The molecule has 22 heavy (non-hydrogen) atoms. The molecule has 1 aliphatic heterocycles. The maximum Gasteiger partial charge on any atom is 0.265 e. The van der Waals surface area contributed by atoms with E-state index in [2.05, 4.69) is 19.5 Å². The smallest absolute Gasteiger partial charge is 0.265 e. The summed E-state index contributed by atoms with van der Waals surface area (Å²) in [4.78, 5) is 31.1. The first-order valence-electron chi connectivity index (χ1n) is 6.30. The van der Waals surface area contributed by atoms with Crippen LogP contribution < -0.4 is 10.6 Å². The third-order valence-corrected chi connectivity index (χ3v) is 3.78. The van der Waals surface area contributed by atoms with Crippen LogP contribution in [0, 0.1) is 0 Å². The van der Waals surface area contributed by atoms with Crippen molar-refractivity contribution in [2.45, 2.75) is 24.9 Å². The first-order valence-corrected chi connectivity index (χ1v) is 7.79. The van der Waals surface area contributed by atoms with Gasteiger partial charge in [0.1, 0.15) is 24.2 Å². The number of aromatic nitrogens is 4. The number of fused-ring (bicyclic) bond motifs is 1. The molecule has 1 unspecified atom stereocenters. The third-order valence-electron chi connectivity index (χ3n) is 3.30. The van der Waals surface area contributed by atoms with Gasteiger partial charge in [0, 0.05) is 6.42 Å². The number of nitrogens with zero attached hydrogens (tertiary/aromatic N) is 4. The summed E-state index contributed by atoms with van der Waals surface area (Å²) in [6, 6.07) is 0. The van der Waals surface area contributed by atoms with Gasteiger partial charge in [-0.15, -0.1) is 0 Å². The van der Waals surface area contributed by atoms with Gasteiger partial charge in [0.2, 0.25) is 0 Å². The predicted molar refractivity (Wildman–Crippen MR) is 70.0 cm³/mol. The van der Waals surface area contributed by atoms with Gasteiger partial charge in [0.25, 0.3) is 7.82 Å². The second kappa shape index (κ2) is 5.54. The number of hydrogen-bond donors (Lipinski definition) is 3. The summed E-state index contributed by atoms with van der Waals surface area (Å²) in [6.07, 6.45) is 0.414. The molecule has 4 N–H and O–H groups in total. The van der Waals surface area contributed by atoms with Crippen LogP contribution in [0.1, 0.15) is 12.6 Å². The molecule has 0 saturated carbocycles. The van der Waals surface area contributed by atoms with Crippen molar-refractivity contribution < 1.29 is 28.7 Å². The number of ether oxygens (including phenoxy) is 1. The van der Waals surface area contributed by atoms with Gasteiger partial charge in [-0.25, -0.2) is 15.0 Å². The molecular formula is C10H13N5O6P-. The number of rotatable bonds is 4. The number of aliphatic hydroxyl groups is 1. The fourth-order valence-electron chi connectivity index (χ4n) is 2.28. The number of aliphatic hydroxyl groups excluding tert-OH is 1. The van der Waals surface area contributed by atoms with Crippen LogP contribution in [0.5, 0.6) is 0 Å². The van der Waals surface area contributed by atoms with Gasteiger partial charge in [-0.2, -0.15) is 0 Å². The van der Waals surface area contributed by atoms with Crippen LogP contribution in [0.15, 0.2) is 12.7 Å². The van der Waals surface area contributed by atoms with Crippen LogP contribution >= 0.6 is 7.82 Å². The number of nitrogen functional groups attached to an aromatic ring is 1. The van der Waals surface area contributed by atoms with E-state index in [0.29, 0.717) is 11.2 Å². The quantitative estimate of drug-likeness (QED) is 0.563. The highest BCUT2D eigenvalue weighted by molar-refractivity contribution is 7.44. The highest BCUT2D eigenvalue weighted by atomic mass is 31.2. The number of phosphoric ester groups is 1.